The summed E-state index contributed by atoms with van der Waals surface area (Å²) in [6, 6.07) is 22.6. The largest absolute Gasteiger partial charge is 0.197 e. The summed E-state index contributed by atoms with van der Waals surface area (Å²) < 4.78 is 0. The zero-order valence-electron chi connectivity index (χ0n) is 8.81. The van der Waals surface area contributed by atoms with Gasteiger partial charge < -0.3 is 0 Å². The van der Waals surface area contributed by atoms with Gasteiger partial charge in [-0.25, -0.2) is 0 Å². The van der Waals surface area contributed by atoms with Crippen LogP contribution in [0.1, 0.15) is 0 Å². The highest BCUT2D eigenvalue weighted by Crippen LogP contribution is 2.17. The van der Waals surface area contributed by atoms with E-state index in [0.717, 1.165) is 0 Å². The molecule has 2 heteroatoms. The predicted octanol–water partition coefficient (Wildman–Crippen LogP) is 4.26. The van der Waals surface area contributed by atoms with Crippen LogP contribution in [0.5, 0.6) is 0 Å². The van der Waals surface area contributed by atoms with Crippen LogP contribution in [0, 0.1) is 11.3 Å². The standard InChI is InChI=1S/C12H10.C2H2BrN/c1-3-7-11(8-4-1)12-9-5-2-6-10-12;3-1-2-4/h1-10H;1H2. The van der Waals surface area contributed by atoms with Crippen molar-refractivity contribution in [3.8, 4) is 17.2 Å². The highest BCUT2D eigenvalue weighted by molar-refractivity contribution is 9.09. The van der Waals surface area contributed by atoms with Crippen LogP contribution < -0.4 is 0 Å². The molecule has 0 unspecified atom stereocenters. The van der Waals surface area contributed by atoms with Crippen LogP contribution >= 0.6 is 15.9 Å². The molecule has 2 aromatic rings. The number of benzene rings is 2. The fraction of sp³-hybridized carbons (Fsp3) is 0.0714. The minimum atomic E-state index is 0.438. The molecule has 0 heterocycles. The first kappa shape index (κ1) is 12.5. The number of hydrogen-bond donors (Lipinski definition) is 0. The lowest BCUT2D eigenvalue weighted by atomic mass is 10.1. The Hall–Kier alpha value is -1.59. The highest BCUT2D eigenvalue weighted by atomic mass is 79.9. The van der Waals surface area contributed by atoms with Gasteiger partial charge in [-0.3, -0.25) is 0 Å². The topological polar surface area (TPSA) is 23.8 Å². The summed E-state index contributed by atoms with van der Waals surface area (Å²) in [5, 5.41) is 8.02. The average molecular weight is 274 g/mol. The van der Waals surface area contributed by atoms with E-state index in [2.05, 4.69) is 64.5 Å². The molecule has 0 aliphatic carbocycles. The molecule has 2 rings (SSSR count). The Morgan fingerprint density at radius 3 is 1.38 bits per heavy atom. The summed E-state index contributed by atoms with van der Waals surface area (Å²) in [6.07, 6.45) is 0. The molecule has 0 atom stereocenters. The highest BCUT2D eigenvalue weighted by Gasteiger charge is 1.91. The monoisotopic (exact) mass is 273 g/mol. The van der Waals surface area contributed by atoms with E-state index in [0.29, 0.717) is 5.33 Å². The smallest absolute Gasteiger partial charge is 0.0905 e. The van der Waals surface area contributed by atoms with Gasteiger partial charge in [0.1, 0.15) is 0 Å². The molecule has 0 aromatic heterocycles. The second-order valence-corrected chi connectivity index (χ2v) is 3.58. The van der Waals surface area contributed by atoms with Crippen LogP contribution in [0.2, 0.25) is 0 Å². The van der Waals surface area contributed by atoms with Crippen LogP contribution in [-0.4, -0.2) is 5.33 Å². The van der Waals surface area contributed by atoms with Gasteiger partial charge >= 0.3 is 0 Å². The lowest BCUT2D eigenvalue weighted by Crippen LogP contribution is -1.73. The van der Waals surface area contributed by atoms with E-state index in [4.69, 9.17) is 5.26 Å². The molecule has 1 nitrogen and oxygen atoms in total. The van der Waals surface area contributed by atoms with Crippen LogP contribution in [0.4, 0.5) is 0 Å². The fourth-order valence-corrected chi connectivity index (χ4v) is 1.26. The Morgan fingerprint density at radius 2 is 1.12 bits per heavy atom. The molecule has 0 N–H and O–H groups in total. The molecule has 0 bridgehead atoms. The zero-order valence-corrected chi connectivity index (χ0v) is 10.4. The van der Waals surface area contributed by atoms with Crippen molar-refractivity contribution in [2.24, 2.45) is 0 Å². The van der Waals surface area contributed by atoms with Gasteiger partial charge in [-0.15, -0.1) is 0 Å². The third-order valence-electron chi connectivity index (χ3n) is 1.94. The van der Waals surface area contributed by atoms with Gasteiger partial charge in [0.2, 0.25) is 0 Å². The van der Waals surface area contributed by atoms with Gasteiger partial charge in [0.15, 0.2) is 0 Å². The van der Waals surface area contributed by atoms with Gasteiger partial charge in [-0.05, 0) is 11.1 Å². The van der Waals surface area contributed by atoms with E-state index in [1.54, 1.807) is 0 Å². The molecular formula is C14H12BrN. The van der Waals surface area contributed by atoms with Crippen molar-refractivity contribution in [3.63, 3.8) is 0 Å². The number of alkyl halides is 1. The minimum absolute atomic E-state index is 0.438. The van der Waals surface area contributed by atoms with E-state index in [-0.39, 0.29) is 0 Å². The molecule has 0 amide bonds. The first-order valence-corrected chi connectivity index (χ1v) is 6.04. The lowest BCUT2D eigenvalue weighted by molar-refractivity contribution is 1.50. The maximum absolute atomic E-state index is 7.58. The maximum Gasteiger partial charge on any atom is 0.0905 e. The predicted molar refractivity (Wildman–Crippen MR) is 71.3 cm³/mol. The Kier molecular flexibility index (Phi) is 5.98. The summed E-state index contributed by atoms with van der Waals surface area (Å²) in [4.78, 5) is 0. The Balaban J connectivity index is 0.000000280. The number of nitrogens with zero attached hydrogens (tertiary/aromatic N) is 1. The van der Waals surface area contributed by atoms with Crippen LogP contribution in [-0.2, 0) is 0 Å². The minimum Gasteiger partial charge on any atom is -0.197 e. The number of nitriles is 1. The average Bonchev–Trinajstić information content (AvgIpc) is 2.41. The first-order valence-electron chi connectivity index (χ1n) is 4.92. The molecule has 0 radical (unpaired) electrons. The Labute approximate surface area is 104 Å². The summed E-state index contributed by atoms with van der Waals surface area (Å²) >= 11 is 2.89. The summed E-state index contributed by atoms with van der Waals surface area (Å²) in [5.74, 6) is 0. The van der Waals surface area contributed by atoms with Gasteiger partial charge in [0, 0.05) is 0 Å². The van der Waals surface area contributed by atoms with Gasteiger partial charge in [-0.1, -0.05) is 76.6 Å². The van der Waals surface area contributed by atoms with Crippen molar-refractivity contribution in [2.75, 3.05) is 5.33 Å². The summed E-state index contributed by atoms with van der Waals surface area (Å²) in [6.45, 7) is 0. The molecule has 0 spiro atoms. The number of halogens is 1. The van der Waals surface area contributed by atoms with Gasteiger partial charge in [-0.2, -0.15) is 5.26 Å². The first-order chi connectivity index (χ1) is 7.88. The fourth-order valence-electron chi connectivity index (χ4n) is 1.26. The van der Waals surface area contributed by atoms with E-state index < -0.39 is 0 Å². The number of hydrogen-bond acceptors (Lipinski definition) is 1. The SMILES string of the molecule is N#CCBr.c1ccc(-c2ccccc2)cc1. The van der Waals surface area contributed by atoms with Crippen molar-refractivity contribution in [3.05, 3.63) is 60.7 Å². The van der Waals surface area contributed by atoms with E-state index in [9.17, 15) is 0 Å². The quantitative estimate of drug-likeness (QED) is 0.713. The van der Waals surface area contributed by atoms with Crippen molar-refractivity contribution >= 4 is 15.9 Å². The molecule has 0 aliphatic rings. The molecular weight excluding hydrogens is 262 g/mol. The molecule has 16 heavy (non-hydrogen) atoms. The molecule has 0 fully saturated rings. The molecule has 2 aromatic carbocycles. The van der Waals surface area contributed by atoms with E-state index in [1.165, 1.54) is 11.1 Å². The molecule has 0 saturated heterocycles. The summed E-state index contributed by atoms with van der Waals surface area (Å²) in [7, 11) is 0. The van der Waals surface area contributed by atoms with E-state index >= 15 is 0 Å². The van der Waals surface area contributed by atoms with Crippen molar-refractivity contribution < 1.29 is 0 Å². The molecule has 0 saturated carbocycles. The normalized spacial score (nSPS) is 8.50. The van der Waals surface area contributed by atoms with Crippen LogP contribution in [0.3, 0.4) is 0 Å². The lowest BCUT2D eigenvalue weighted by Gasteiger charge is -1.98. The van der Waals surface area contributed by atoms with Crippen molar-refractivity contribution in [2.45, 2.75) is 0 Å². The Morgan fingerprint density at radius 1 is 0.812 bits per heavy atom. The van der Waals surface area contributed by atoms with Crippen molar-refractivity contribution in [1.82, 2.24) is 0 Å². The third-order valence-corrected chi connectivity index (χ3v) is 2.19. The summed E-state index contributed by atoms with van der Waals surface area (Å²) in [5.41, 5.74) is 2.55. The van der Waals surface area contributed by atoms with Gasteiger partial charge in [0.25, 0.3) is 0 Å². The maximum atomic E-state index is 7.58. The van der Waals surface area contributed by atoms with Gasteiger partial charge in [0.05, 0.1) is 11.4 Å². The third kappa shape index (κ3) is 4.29. The number of rotatable bonds is 1. The van der Waals surface area contributed by atoms with Crippen LogP contribution in [0.25, 0.3) is 11.1 Å². The molecule has 0 aliphatic heterocycles. The van der Waals surface area contributed by atoms with E-state index in [1.807, 2.05) is 18.2 Å². The molecule has 80 valence electrons. The van der Waals surface area contributed by atoms with Crippen LogP contribution in [0.15, 0.2) is 60.7 Å². The second kappa shape index (κ2) is 7.67. The Bertz CT molecular complexity index is 394. The second-order valence-electron chi connectivity index (χ2n) is 3.02. The van der Waals surface area contributed by atoms with Crippen molar-refractivity contribution in [1.29, 1.82) is 5.26 Å². The zero-order chi connectivity index (χ0) is 11.6.